The van der Waals surface area contributed by atoms with Crippen molar-refractivity contribution in [3.8, 4) is 11.1 Å². The maximum absolute atomic E-state index is 12.6. The molecule has 1 heterocycles. The van der Waals surface area contributed by atoms with Crippen LogP contribution in [-0.2, 0) is 4.74 Å². The van der Waals surface area contributed by atoms with Crippen molar-refractivity contribution in [1.29, 1.82) is 0 Å². The monoisotopic (exact) mass is 442 g/mol. The van der Waals surface area contributed by atoms with Crippen molar-refractivity contribution < 1.29 is 19.4 Å². The van der Waals surface area contributed by atoms with E-state index in [1.165, 1.54) is 23.6 Å². The van der Waals surface area contributed by atoms with E-state index >= 15 is 0 Å². The summed E-state index contributed by atoms with van der Waals surface area (Å²) in [5.41, 5.74) is 5.91. The van der Waals surface area contributed by atoms with Crippen LogP contribution in [0, 0.1) is 0 Å². The molecule has 1 amide bonds. The SMILES string of the molecule is O=C(Nc1ccc(N2CCCCC2)c(C(=O)O)c1)OCC1c2ccccc2-c2ccccc21. The van der Waals surface area contributed by atoms with Gasteiger partial charge < -0.3 is 14.7 Å². The van der Waals surface area contributed by atoms with Gasteiger partial charge in [-0.2, -0.15) is 0 Å². The first-order valence-corrected chi connectivity index (χ1v) is 11.4. The number of piperidine rings is 1. The Labute approximate surface area is 192 Å². The molecule has 3 aromatic carbocycles. The zero-order chi connectivity index (χ0) is 22.8. The smallest absolute Gasteiger partial charge is 0.411 e. The normalized spacial score (nSPS) is 15.0. The summed E-state index contributed by atoms with van der Waals surface area (Å²) in [5.74, 6) is -1.04. The van der Waals surface area contributed by atoms with Gasteiger partial charge in [0.15, 0.2) is 0 Å². The number of fused-ring (bicyclic) bond motifs is 3. The van der Waals surface area contributed by atoms with E-state index in [9.17, 15) is 14.7 Å². The summed E-state index contributed by atoms with van der Waals surface area (Å²) in [4.78, 5) is 26.5. The molecule has 0 bridgehead atoms. The fraction of sp³-hybridized carbons (Fsp3) is 0.259. The number of carbonyl (C=O) groups excluding carboxylic acids is 1. The fourth-order valence-corrected chi connectivity index (χ4v) is 4.95. The van der Waals surface area contributed by atoms with E-state index in [1.807, 2.05) is 24.3 Å². The lowest BCUT2D eigenvalue weighted by atomic mass is 9.98. The summed E-state index contributed by atoms with van der Waals surface area (Å²) in [7, 11) is 0. The molecule has 3 aromatic rings. The minimum Gasteiger partial charge on any atom is -0.478 e. The number of hydrogen-bond acceptors (Lipinski definition) is 4. The summed E-state index contributed by atoms with van der Waals surface area (Å²) in [5, 5.41) is 12.4. The molecule has 0 saturated carbocycles. The highest BCUT2D eigenvalue weighted by molar-refractivity contribution is 5.97. The molecule has 2 aliphatic rings. The average molecular weight is 443 g/mol. The Bertz CT molecular complexity index is 1150. The standard InChI is InChI=1S/C27H26N2O4/c30-26(31)23-16-18(12-13-25(23)29-14-6-1-7-15-29)28-27(32)33-17-24-21-10-4-2-8-19(21)20-9-3-5-11-22(20)24/h2-5,8-13,16,24H,1,6-7,14-15,17H2,(H,28,32)(H,30,31). The van der Waals surface area contributed by atoms with Crippen molar-refractivity contribution in [3.63, 3.8) is 0 Å². The van der Waals surface area contributed by atoms with Crippen LogP contribution in [0.15, 0.2) is 66.7 Å². The van der Waals surface area contributed by atoms with Gasteiger partial charge in [0.2, 0.25) is 0 Å². The van der Waals surface area contributed by atoms with Crippen LogP contribution < -0.4 is 10.2 Å². The Kier molecular flexibility index (Phi) is 5.73. The number of anilines is 2. The lowest BCUT2D eigenvalue weighted by molar-refractivity contribution is 0.0697. The van der Waals surface area contributed by atoms with Crippen molar-refractivity contribution in [2.24, 2.45) is 0 Å². The number of nitrogens with zero attached hydrogens (tertiary/aromatic N) is 1. The fourth-order valence-electron chi connectivity index (χ4n) is 4.95. The molecule has 1 aliphatic heterocycles. The number of carbonyl (C=O) groups is 2. The Morgan fingerprint density at radius 1 is 0.909 bits per heavy atom. The van der Waals surface area contributed by atoms with Gasteiger partial charge in [-0.3, -0.25) is 5.32 Å². The van der Waals surface area contributed by atoms with E-state index in [0.717, 1.165) is 37.1 Å². The van der Waals surface area contributed by atoms with Gasteiger partial charge in [0.1, 0.15) is 6.61 Å². The molecule has 0 radical (unpaired) electrons. The third-order valence-corrected chi connectivity index (χ3v) is 6.51. The number of benzene rings is 3. The van der Waals surface area contributed by atoms with Crippen LogP contribution in [0.2, 0.25) is 0 Å². The topological polar surface area (TPSA) is 78.9 Å². The lowest BCUT2D eigenvalue weighted by Gasteiger charge is -2.30. The number of aromatic carboxylic acids is 1. The minimum absolute atomic E-state index is 0.0285. The molecule has 33 heavy (non-hydrogen) atoms. The molecule has 168 valence electrons. The minimum atomic E-state index is -1.01. The van der Waals surface area contributed by atoms with Crippen LogP contribution in [0.5, 0.6) is 0 Å². The van der Waals surface area contributed by atoms with Crippen LogP contribution in [0.3, 0.4) is 0 Å². The highest BCUT2D eigenvalue weighted by atomic mass is 16.5. The van der Waals surface area contributed by atoms with Gasteiger partial charge in [0.05, 0.1) is 11.3 Å². The molecule has 1 aliphatic carbocycles. The Hall–Kier alpha value is -3.80. The first kappa shape index (κ1) is 21.1. The first-order valence-electron chi connectivity index (χ1n) is 11.4. The summed E-state index contributed by atoms with van der Waals surface area (Å²) >= 11 is 0. The van der Waals surface area contributed by atoms with Crippen molar-refractivity contribution in [2.75, 3.05) is 29.9 Å². The van der Waals surface area contributed by atoms with Crippen LogP contribution in [-0.4, -0.2) is 36.9 Å². The summed E-state index contributed by atoms with van der Waals surface area (Å²) in [6.45, 7) is 1.90. The Balaban J connectivity index is 1.29. The molecule has 0 aromatic heterocycles. The quantitative estimate of drug-likeness (QED) is 0.527. The zero-order valence-electron chi connectivity index (χ0n) is 18.3. The van der Waals surface area contributed by atoms with E-state index < -0.39 is 12.1 Å². The molecule has 0 unspecified atom stereocenters. The Morgan fingerprint density at radius 2 is 1.55 bits per heavy atom. The number of hydrogen-bond donors (Lipinski definition) is 2. The molecule has 6 nitrogen and oxygen atoms in total. The maximum Gasteiger partial charge on any atom is 0.411 e. The van der Waals surface area contributed by atoms with Gasteiger partial charge in [-0.1, -0.05) is 48.5 Å². The molecule has 5 rings (SSSR count). The average Bonchev–Trinajstić information content (AvgIpc) is 3.17. The number of carboxylic acids is 1. The third-order valence-electron chi connectivity index (χ3n) is 6.51. The van der Waals surface area contributed by atoms with Gasteiger partial charge in [-0.05, 0) is 59.7 Å². The summed E-state index contributed by atoms with van der Waals surface area (Å²) in [6, 6.07) is 21.3. The second-order valence-corrected chi connectivity index (χ2v) is 8.54. The molecule has 2 N–H and O–H groups in total. The highest BCUT2D eigenvalue weighted by Crippen LogP contribution is 2.44. The largest absolute Gasteiger partial charge is 0.478 e. The number of amides is 1. The number of nitrogens with one attached hydrogen (secondary N) is 1. The molecule has 0 spiro atoms. The van der Waals surface area contributed by atoms with Crippen molar-refractivity contribution >= 4 is 23.4 Å². The highest BCUT2D eigenvalue weighted by Gasteiger charge is 2.29. The first-order chi connectivity index (χ1) is 16.1. The van der Waals surface area contributed by atoms with Crippen LogP contribution >= 0.6 is 0 Å². The lowest BCUT2D eigenvalue weighted by Crippen LogP contribution is -2.30. The van der Waals surface area contributed by atoms with Crippen molar-refractivity contribution in [1.82, 2.24) is 0 Å². The molecule has 1 fully saturated rings. The van der Waals surface area contributed by atoms with Crippen LogP contribution in [0.25, 0.3) is 11.1 Å². The van der Waals surface area contributed by atoms with E-state index in [4.69, 9.17) is 4.74 Å². The molecule has 1 saturated heterocycles. The second kappa shape index (κ2) is 8.98. The van der Waals surface area contributed by atoms with Gasteiger partial charge in [-0.15, -0.1) is 0 Å². The number of rotatable bonds is 5. The summed E-state index contributed by atoms with van der Waals surface area (Å²) in [6.07, 6.45) is 2.68. The maximum atomic E-state index is 12.6. The van der Waals surface area contributed by atoms with Gasteiger partial charge in [0, 0.05) is 24.7 Å². The van der Waals surface area contributed by atoms with E-state index in [2.05, 4.69) is 34.5 Å². The van der Waals surface area contributed by atoms with Gasteiger partial charge in [0.25, 0.3) is 0 Å². The van der Waals surface area contributed by atoms with Gasteiger partial charge >= 0.3 is 12.1 Å². The van der Waals surface area contributed by atoms with Crippen molar-refractivity contribution in [3.05, 3.63) is 83.4 Å². The predicted octanol–water partition coefficient (Wildman–Crippen LogP) is 5.74. The number of ether oxygens (including phenoxy) is 1. The zero-order valence-corrected chi connectivity index (χ0v) is 18.3. The Morgan fingerprint density at radius 3 is 2.18 bits per heavy atom. The molecule has 0 atom stereocenters. The third kappa shape index (κ3) is 4.16. The van der Waals surface area contributed by atoms with Crippen LogP contribution in [0.4, 0.5) is 16.2 Å². The van der Waals surface area contributed by atoms with E-state index in [0.29, 0.717) is 11.4 Å². The predicted molar refractivity (Wildman–Crippen MR) is 128 cm³/mol. The van der Waals surface area contributed by atoms with Crippen molar-refractivity contribution in [2.45, 2.75) is 25.2 Å². The van der Waals surface area contributed by atoms with Gasteiger partial charge in [-0.25, -0.2) is 9.59 Å². The number of carboxylic acid groups (broad SMARTS) is 1. The molecular formula is C27H26N2O4. The second-order valence-electron chi connectivity index (χ2n) is 8.54. The van der Waals surface area contributed by atoms with Crippen LogP contribution in [0.1, 0.15) is 46.7 Å². The molecule has 6 heteroatoms. The van der Waals surface area contributed by atoms with E-state index in [-0.39, 0.29) is 18.1 Å². The molecular weight excluding hydrogens is 416 g/mol. The van der Waals surface area contributed by atoms with E-state index in [1.54, 1.807) is 12.1 Å². The summed E-state index contributed by atoms with van der Waals surface area (Å²) < 4.78 is 5.58.